The topological polar surface area (TPSA) is 88.5 Å². The predicted molar refractivity (Wildman–Crippen MR) is 79.4 cm³/mol. The molecule has 2 aromatic rings. The Kier molecular flexibility index (Phi) is 5.02. The van der Waals surface area contributed by atoms with Gasteiger partial charge in [-0.1, -0.05) is 12.1 Å². The maximum atomic E-state index is 11.6. The van der Waals surface area contributed by atoms with Crippen molar-refractivity contribution in [2.45, 2.75) is 6.42 Å². The van der Waals surface area contributed by atoms with E-state index in [-0.39, 0.29) is 18.9 Å². The number of anilines is 1. The summed E-state index contributed by atoms with van der Waals surface area (Å²) in [5.74, 6) is -1.18. The molecule has 0 saturated heterocycles. The van der Waals surface area contributed by atoms with Crippen molar-refractivity contribution >= 4 is 28.9 Å². The largest absolute Gasteiger partial charge is 0.481 e. The first-order valence-corrected chi connectivity index (χ1v) is 7.02. The standard InChI is InChI=1S/C14H14N2O4S/c1-20-7-12(17)16-11-5-3-2-4-10(11)14-15-9(8-21-14)6-13(18)19/h2-5,8H,6-7H2,1H3,(H,16,17)(H,18,19). The fraction of sp³-hybridized carbons (Fsp3) is 0.214. The van der Waals surface area contributed by atoms with Crippen LogP contribution in [0.4, 0.5) is 5.69 Å². The number of carboxylic acids is 1. The second kappa shape index (κ2) is 6.96. The molecule has 0 aliphatic carbocycles. The van der Waals surface area contributed by atoms with Crippen LogP contribution in [0.1, 0.15) is 5.69 Å². The smallest absolute Gasteiger partial charge is 0.309 e. The molecule has 110 valence electrons. The number of ether oxygens (including phenoxy) is 1. The zero-order valence-electron chi connectivity index (χ0n) is 11.3. The molecule has 1 amide bonds. The third kappa shape index (κ3) is 4.11. The van der Waals surface area contributed by atoms with Crippen molar-refractivity contribution in [2.75, 3.05) is 19.0 Å². The lowest BCUT2D eigenvalue weighted by Crippen LogP contribution is -2.17. The summed E-state index contributed by atoms with van der Waals surface area (Å²) < 4.78 is 4.78. The minimum Gasteiger partial charge on any atom is -0.481 e. The second-order valence-electron chi connectivity index (χ2n) is 4.24. The SMILES string of the molecule is COCC(=O)Nc1ccccc1-c1nc(CC(=O)O)cs1. The number of aliphatic carboxylic acids is 1. The molecule has 0 spiro atoms. The molecule has 1 heterocycles. The predicted octanol–water partition coefficient (Wildman–Crippen LogP) is 2.02. The summed E-state index contributed by atoms with van der Waals surface area (Å²) in [4.78, 5) is 26.6. The van der Waals surface area contributed by atoms with Crippen molar-refractivity contribution < 1.29 is 19.4 Å². The van der Waals surface area contributed by atoms with Crippen molar-refractivity contribution in [3.63, 3.8) is 0 Å². The van der Waals surface area contributed by atoms with Gasteiger partial charge in [0, 0.05) is 18.1 Å². The van der Waals surface area contributed by atoms with Crippen LogP contribution in [-0.2, 0) is 20.7 Å². The average molecular weight is 306 g/mol. The lowest BCUT2D eigenvalue weighted by molar-refractivity contribution is -0.136. The maximum absolute atomic E-state index is 11.6. The number of carboxylic acid groups (broad SMARTS) is 1. The Balaban J connectivity index is 2.25. The van der Waals surface area contributed by atoms with Crippen LogP contribution >= 0.6 is 11.3 Å². The first-order valence-electron chi connectivity index (χ1n) is 6.14. The van der Waals surface area contributed by atoms with Crippen LogP contribution in [0.5, 0.6) is 0 Å². The van der Waals surface area contributed by atoms with E-state index in [4.69, 9.17) is 9.84 Å². The summed E-state index contributed by atoms with van der Waals surface area (Å²) >= 11 is 1.34. The minimum absolute atomic E-state index is 0.0313. The molecule has 1 aromatic carbocycles. The van der Waals surface area contributed by atoms with Crippen LogP contribution in [0.25, 0.3) is 10.6 Å². The van der Waals surface area contributed by atoms with Gasteiger partial charge < -0.3 is 15.2 Å². The number of aromatic nitrogens is 1. The molecular formula is C14H14N2O4S. The Hall–Kier alpha value is -2.25. The summed E-state index contributed by atoms with van der Waals surface area (Å²) in [5.41, 5.74) is 1.87. The molecule has 1 aromatic heterocycles. The average Bonchev–Trinajstić information content (AvgIpc) is 2.87. The highest BCUT2D eigenvalue weighted by molar-refractivity contribution is 7.13. The third-order valence-electron chi connectivity index (χ3n) is 2.59. The summed E-state index contributed by atoms with van der Waals surface area (Å²) in [5, 5.41) is 13.9. The van der Waals surface area contributed by atoms with Crippen molar-refractivity contribution in [1.82, 2.24) is 4.98 Å². The summed E-state index contributed by atoms with van der Waals surface area (Å²) in [7, 11) is 1.45. The Morgan fingerprint density at radius 2 is 2.14 bits per heavy atom. The number of nitrogens with zero attached hydrogens (tertiary/aromatic N) is 1. The number of thiazole rings is 1. The van der Waals surface area contributed by atoms with Gasteiger partial charge in [-0.2, -0.15) is 0 Å². The van der Waals surface area contributed by atoms with Crippen LogP contribution in [0.15, 0.2) is 29.6 Å². The van der Waals surface area contributed by atoms with Crippen molar-refractivity contribution in [1.29, 1.82) is 0 Å². The highest BCUT2D eigenvalue weighted by atomic mass is 32.1. The van der Waals surface area contributed by atoms with Gasteiger partial charge in [-0.05, 0) is 12.1 Å². The Bertz CT molecular complexity index is 654. The highest BCUT2D eigenvalue weighted by Gasteiger charge is 2.12. The molecule has 21 heavy (non-hydrogen) atoms. The van der Waals surface area contributed by atoms with E-state index >= 15 is 0 Å². The van der Waals surface area contributed by atoms with Gasteiger partial charge in [-0.3, -0.25) is 9.59 Å². The van der Waals surface area contributed by atoms with Crippen molar-refractivity contribution in [3.8, 4) is 10.6 Å². The molecule has 0 bridgehead atoms. The number of carbonyl (C=O) groups excluding carboxylic acids is 1. The van der Waals surface area contributed by atoms with Gasteiger partial charge in [-0.25, -0.2) is 4.98 Å². The van der Waals surface area contributed by atoms with Crippen LogP contribution in [-0.4, -0.2) is 35.7 Å². The Labute approximate surface area is 125 Å². The molecular weight excluding hydrogens is 292 g/mol. The molecule has 0 aliphatic rings. The third-order valence-corrected chi connectivity index (χ3v) is 3.52. The van der Waals surface area contributed by atoms with Crippen LogP contribution in [0, 0.1) is 0 Å². The molecule has 7 heteroatoms. The molecule has 2 rings (SSSR count). The molecule has 0 aliphatic heterocycles. The normalized spacial score (nSPS) is 10.3. The number of para-hydroxylation sites is 1. The number of carbonyl (C=O) groups is 2. The van der Waals surface area contributed by atoms with Crippen LogP contribution in [0.3, 0.4) is 0 Å². The number of benzene rings is 1. The maximum Gasteiger partial charge on any atom is 0.309 e. The molecule has 2 N–H and O–H groups in total. The minimum atomic E-state index is -0.923. The zero-order valence-corrected chi connectivity index (χ0v) is 12.1. The van der Waals surface area contributed by atoms with E-state index in [0.717, 1.165) is 5.56 Å². The summed E-state index contributed by atoms with van der Waals surface area (Å²) in [6.45, 7) is -0.0313. The Morgan fingerprint density at radius 3 is 2.86 bits per heavy atom. The van der Waals surface area contributed by atoms with Gasteiger partial charge in [-0.15, -0.1) is 11.3 Å². The van der Waals surface area contributed by atoms with E-state index in [1.54, 1.807) is 17.5 Å². The first-order chi connectivity index (χ1) is 10.1. The van der Waals surface area contributed by atoms with Crippen molar-refractivity contribution in [2.24, 2.45) is 0 Å². The van der Waals surface area contributed by atoms with Gasteiger partial charge in [0.2, 0.25) is 5.91 Å². The van der Waals surface area contributed by atoms with Gasteiger partial charge in [0.05, 0.1) is 17.8 Å². The number of hydrogen-bond donors (Lipinski definition) is 2. The highest BCUT2D eigenvalue weighted by Crippen LogP contribution is 2.30. The number of nitrogens with one attached hydrogen (secondary N) is 1. The van der Waals surface area contributed by atoms with Gasteiger partial charge in [0.25, 0.3) is 0 Å². The quantitative estimate of drug-likeness (QED) is 0.852. The fourth-order valence-electron chi connectivity index (χ4n) is 1.76. The van der Waals surface area contributed by atoms with Gasteiger partial charge in [0.15, 0.2) is 0 Å². The fourth-order valence-corrected chi connectivity index (χ4v) is 2.62. The van der Waals surface area contributed by atoms with Crippen LogP contribution < -0.4 is 5.32 Å². The molecule has 0 atom stereocenters. The number of hydrogen-bond acceptors (Lipinski definition) is 5. The second-order valence-corrected chi connectivity index (χ2v) is 5.10. The van der Waals surface area contributed by atoms with Gasteiger partial charge in [0.1, 0.15) is 11.6 Å². The monoisotopic (exact) mass is 306 g/mol. The molecule has 0 unspecified atom stereocenters. The number of amides is 1. The molecule has 0 fully saturated rings. The van der Waals surface area contributed by atoms with E-state index in [9.17, 15) is 9.59 Å². The molecule has 0 radical (unpaired) electrons. The van der Waals surface area contributed by atoms with E-state index in [0.29, 0.717) is 16.4 Å². The van der Waals surface area contributed by atoms with E-state index in [1.165, 1.54) is 18.4 Å². The lowest BCUT2D eigenvalue weighted by atomic mass is 10.2. The molecule has 6 nitrogen and oxygen atoms in total. The summed E-state index contributed by atoms with van der Waals surface area (Å²) in [6.07, 6.45) is -0.116. The zero-order chi connectivity index (χ0) is 15.2. The van der Waals surface area contributed by atoms with Gasteiger partial charge >= 0.3 is 5.97 Å². The first kappa shape index (κ1) is 15.1. The molecule has 0 saturated carbocycles. The van der Waals surface area contributed by atoms with E-state index < -0.39 is 5.97 Å². The Morgan fingerprint density at radius 1 is 1.38 bits per heavy atom. The lowest BCUT2D eigenvalue weighted by Gasteiger charge is -2.08. The van der Waals surface area contributed by atoms with Crippen LogP contribution in [0.2, 0.25) is 0 Å². The van der Waals surface area contributed by atoms with Crippen molar-refractivity contribution in [3.05, 3.63) is 35.3 Å². The number of methoxy groups -OCH3 is 1. The van der Waals surface area contributed by atoms with E-state index in [1.807, 2.05) is 12.1 Å². The summed E-state index contributed by atoms with van der Waals surface area (Å²) in [6, 6.07) is 7.23. The number of rotatable bonds is 6. The van der Waals surface area contributed by atoms with E-state index in [2.05, 4.69) is 10.3 Å².